The Morgan fingerprint density at radius 2 is 1.85 bits per heavy atom. The summed E-state index contributed by atoms with van der Waals surface area (Å²) < 4.78 is 0. The highest BCUT2D eigenvalue weighted by Crippen LogP contribution is 2.04. The van der Waals surface area contributed by atoms with Gasteiger partial charge in [-0.3, -0.25) is 9.69 Å². The molecule has 5 heteroatoms. The molecule has 1 saturated heterocycles. The minimum absolute atomic E-state index is 0. The fourth-order valence-corrected chi connectivity index (χ4v) is 1.63. The first-order chi connectivity index (χ1) is 5.74. The van der Waals surface area contributed by atoms with E-state index in [0.717, 1.165) is 32.7 Å². The molecule has 78 valence electrons. The van der Waals surface area contributed by atoms with Crippen molar-refractivity contribution in [3.05, 3.63) is 0 Å². The highest BCUT2D eigenvalue weighted by Gasteiger charge is 2.18. The van der Waals surface area contributed by atoms with Crippen LogP contribution in [-0.4, -0.2) is 47.9 Å². The third-order valence-electron chi connectivity index (χ3n) is 2.16. The van der Waals surface area contributed by atoms with E-state index in [9.17, 15) is 4.79 Å². The molecular formula is C8H16Cl2N2O. The van der Waals surface area contributed by atoms with Crippen molar-refractivity contribution in [1.82, 2.24) is 9.80 Å². The molecule has 1 aliphatic rings. The van der Waals surface area contributed by atoms with Crippen LogP contribution in [0.5, 0.6) is 0 Å². The molecule has 1 rings (SSSR count). The molecule has 0 saturated carbocycles. The van der Waals surface area contributed by atoms with Crippen molar-refractivity contribution in [3.63, 3.8) is 0 Å². The van der Waals surface area contributed by atoms with Crippen molar-refractivity contribution in [3.8, 4) is 0 Å². The van der Waals surface area contributed by atoms with Gasteiger partial charge in [0.1, 0.15) is 0 Å². The maximum atomic E-state index is 10.7. The van der Waals surface area contributed by atoms with Crippen molar-refractivity contribution in [1.29, 1.82) is 0 Å². The summed E-state index contributed by atoms with van der Waals surface area (Å²) in [6, 6.07) is 0. The van der Waals surface area contributed by atoms with Crippen LogP contribution in [0.25, 0.3) is 0 Å². The van der Waals surface area contributed by atoms with Crippen LogP contribution in [0.3, 0.4) is 0 Å². The normalized spacial score (nSPS) is 18.2. The van der Waals surface area contributed by atoms with Gasteiger partial charge in [-0.1, -0.05) is 6.92 Å². The van der Waals surface area contributed by atoms with E-state index in [1.807, 2.05) is 0 Å². The Bertz CT molecular complexity index is 158. The fraction of sp³-hybridized carbons (Fsp3) is 0.875. The molecule has 0 spiro atoms. The van der Waals surface area contributed by atoms with E-state index >= 15 is 0 Å². The molecule has 0 aromatic carbocycles. The molecule has 1 heterocycles. The van der Waals surface area contributed by atoms with Crippen LogP contribution < -0.4 is 0 Å². The summed E-state index contributed by atoms with van der Waals surface area (Å²) in [4.78, 5) is 14.8. The molecule has 0 N–H and O–H groups in total. The zero-order valence-corrected chi connectivity index (χ0v) is 9.40. The van der Waals surface area contributed by atoms with Crippen LogP contribution in [0.4, 0.5) is 4.79 Å². The van der Waals surface area contributed by atoms with Crippen LogP contribution in [-0.2, 0) is 0 Å². The van der Waals surface area contributed by atoms with Crippen LogP contribution in [0.2, 0.25) is 0 Å². The molecule has 0 radical (unpaired) electrons. The summed E-state index contributed by atoms with van der Waals surface area (Å²) in [5.74, 6) is 0. The first-order valence-corrected chi connectivity index (χ1v) is 4.78. The SMILES string of the molecule is CCCN1CCN(C(=O)Cl)CC1.Cl. The Balaban J connectivity index is 0.00000144. The van der Waals surface area contributed by atoms with Crippen LogP contribution in [0.15, 0.2) is 0 Å². The zero-order valence-electron chi connectivity index (χ0n) is 7.83. The van der Waals surface area contributed by atoms with Crippen molar-refractivity contribution >= 4 is 29.4 Å². The average Bonchev–Trinajstić information content (AvgIpc) is 2.06. The lowest BCUT2D eigenvalue weighted by Gasteiger charge is -2.33. The van der Waals surface area contributed by atoms with E-state index in [1.54, 1.807) is 4.90 Å². The van der Waals surface area contributed by atoms with Gasteiger partial charge < -0.3 is 4.90 Å². The predicted octanol–water partition coefficient (Wildman–Crippen LogP) is 1.79. The number of carbonyl (C=O) groups excluding carboxylic acids is 1. The van der Waals surface area contributed by atoms with E-state index in [2.05, 4.69) is 11.8 Å². The van der Waals surface area contributed by atoms with E-state index < -0.39 is 0 Å². The number of nitrogens with zero attached hydrogens (tertiary/aromatic N) is 2. The lowest BCUT2D eigenvalue weighted by molar-refractivity contribution is 0.153. The topological polar surface area (TPSA) is 23.6 Å². The maximum absolute atomic E-state index is 10.7. The number of hydrogen-bond donors (Lipinski definition) is 0. The molecule has 0 aliphatic carbocycles. The van der Waals surface area contributed by atoms with Crippen molar-refractivity contribution in [2.45, 2.75) is 13.3 Å². The number of rotatable bonds is 2. The standard InChI is InChI=1S/C8H15ClN2O.ClH/c1-2-3-10-4-6-11(7-5-10)8(9)12;/h2-7H2,1H3;1H. The highest BCUT2D eigenvalue weighted by atomic mass is 35.5. The van der Waals surface area contributed by atoms with Gasteiger partial charge in [0.2, 0.25) is 0 Å². The van der Waals surface area contributed by atoms with Crippen molar-refractivity contribution in [2.24, 2.45) is 0 Å². The second-order valence-electron chi connectivity index (χ2n) is 3.08. The van der Waals surface area contributed by atoms with Crippen molar-refractivity contribution < 1.29 is 4.79 Å². The van der Waals surface area contributed by atoms with E-state index in [-0.39, 0.29) is 17.8 Å². The second kappa shape index (κ2) is 6.46. The Morgan fingerprint density at radius 1 is 1.31 bits per heavy atom. The molecule has 3 nitrogen and oxygen atoms in total. The zero-order chi connectivity index (χ0) is 8.97. The van der Waals surface area contributed by atoms with Gasteiger partial charge in [-0.15, -0.1) is 12.4 Å². The number of amides is 1. The molecular weight excluding hydrogens is 211 g/mol. The quantitative estimate of drug-likeness (QED) is 0.530. The smallest absolute Gasteiger partial charge is 0.316 e. The monoisotopic (exact) mass is 226 g/mol. The summed E-state index contributed by atoms with van der Waals surface area (Å²) in [6.45, 7) is 6.78. The second-order valence-corrected chi connectivity index (χ2v) is 3.40. The summed E-state index contributed by atoms with van der Waals surface area (Å²) in [5, 5.41) is -0.314. The number of piperazine rings is 1. The van der Waals surface area contributed by atoms with Gasteiger partial charge in [-0.2, -0.15) is 0 Å². The first kappa shape index (κ1) is 13.0. The minimum Gasteiger partial charge on any atom is -0.327 e. The van der Waals surface area contributed by atoms with E-state index in [4.69, 9.17) is 11.6 Å². The van der Waals surface area contributed by atoms with Gasteiger partial charge in [-0.25, -0.2) is 0 Å². The number of hydrogen-bond acceptors (Lipinski definition) is 2. The van der Waals surface area contributed by atoms with Gasteiger partial charge in [0, 0.05) is 26.2 Å². The predicted molar refractivity (Wildman–Crippen MR) is 56.8 cm³/mol. The summed E-state index contributed by atoms with van der Waals surface area (Å²) in [5.41, 5.74) is 0. The molecule has 0 atom stereocenters. The Labute approximate surface area is 90.4 Å². The van der Waals surface area contributed by atoms with Gasteiger partial charge >= 0.3 is 5.37 Å². The minimum atomic E-state index is -0.314. The molecule has 1 aliphatic heterocycles. The Morgan fingerprint density at radius 3 is 2.23 bits per heavy atom. The van der Waals surface area contributed by atoms with Gasteiger partial charge in [0.05, 0.1) is 0 Å². The molecule has 0 unspecified atom stereocenters. The van der Waals surface area contributed by atoms with Crippen LogP contribution >= 0.6 is 24.0 Å². The third kappa shape index (κ3) is 4.16. The van der Waals surface area contributed by atoms with Gasteiger partial charge in [0.25, 0.3) is 0 Å². The van der Waals surface area contributed by atoms with Gasteiger partial charge in [-0.05, 0) is 24.6 Å². The summed E-state index contributed by atoms with van der Waals surface area (Å²) >= 11 is 5.35. The molecule has 0 aromatic rings. The molecule has 13 heavy (non-hydrogen) atoms. The molecule has 0 aromatic heterocycles. The summed E-state index contributed by atoms with van der Waals surface area (Å²) in [7, 11) is 0. The largest absolute Gasteiger partial charge is 0.327 e. The number of halogens is 2. The average molecular weight is 227 g/mol. The third-order valence-corrected chi connectivity index (χ3v) is 2.40. The van der Waals surface area contributed by atoms with Crippen LogP contribution in [0.1, 0.15) is 13.3 Å². The molecule has 1 amide bonds. The Hall–Kier alpha value is 0.01000. The highest BCUT2D eigenvalue weighted by molar-refractivity contribution is 6.62. The maximum Gasteiger partial charge on any atom is 0.316 e. The Kier molecular flexibility index (Phi) is 6.47. The lowest BCUT2D eigenvalue weighted by Crippen LogP contribution is -2.47. The van der Waals surface area contributed by atoms with E-state index in [1.165, 1.54) is 6.42 Å². The van der Waals surface area contributed by atoms with Gasteiger partial charge in [0.15, 0.2) is 0 Å². The fourth-order valence-electron chi connectivity index (χ4n) is 1.46. The van der Waals surface area contributed by atoms with Crippen molar-refractivity contribution in [2.75, 3.05) is 32.7 Å². The first-order valence-electron chi connectivity index (χ1n) is 4.40. The molecule has 1 fully saturated rings. The lowest BCUT2D eigenvalue weighted by atomic mass is 10.3. The number of carbonyl (C=O) groups is 1. The summed E-state index contributed by atoms with van der Waals surface area (Å²) in [6.07, 6.45) is 1.18. The molecule has 0 bridgehead atoms. The van der Waals surface area contributed by atoms with E-state index in [0.29, 0.717) is 0 Å². The van der Waals surface area contributed by atoms with Crippen LogP contribution in [0, 0.1) is 0 Å².